The van der Waals surface area contributed by atoms with Crippen LogP contribution in [-0.2, 0) is 0 Å². The lowest BCUT2D eigenvalue weighted by Crippen LogP contribution is -2.10. The van der Waals surface area contributed by atoms with Crippen molar-refractivity contribution in [3.05, 3.63) is 70.8 Å². The van der Waals surface area contributed by atoms with E-state index >= 15 is 0 Å². The highest BCUT2D eigenvalue weighted by atomic mass is 19.2. The van der Waals surface area contributed by atoms with Crippen molar-refractivity contribution >= 4 is 12.4 Å². The van der Waals surface area contributed by atoms with Crippen molar-refractivity contribution in [2.75, 3.05) is 0 Å². The van der Waals surface area contributed by atoms with Gasteiger partial charge in [-0.3, -0.25) is 0 Å². The van der Waals surface area contributed by atoms with E-state index in [4.69, 9.17) is 0 Å². The Bertz CT molecular complexity index is 758. The zero-order valence-electron chi connectivity index (χ0n) is 14.3. The second-order valence-corrected chi connectivity index (χ2v) is 6.79. The van der Waals surface area contributed by atoms with Gasteiger partial charge in [-0.15, -0.1) is 0 Å². The lowest BCUT2D eigenvalue weighted by atomic mass is 9.79. The van der Waals surface area contributed by atoms with Gasteiger partial charge < -0.3 is 0 Å². The molecule has 0 N–H and O–H groups in total. The van der Waals surface area contributed by atoms with Crippen molar-refractivity contribution in [2.45, 2.75) is 38.5 Å². The Morgan fingerprint density at radius 1 is 0.800 bits per heavy atom. The van der Waals surface area contributed by atoms with Gasteiger partial charge in [-0.25, -0.2) is 8.78 Å². The topological polar surface area (TPSA) is 24.7 Å². The molecule has 2 nitrogen and oxygen atoms in total. The highest BCUT2D eigenvalue weighted by molar-refractivity contribution is 5.82. The van der Waals surface area contributed by atoms with E-state index < -0.39 is 11.6 Å². The molecule has 0 heterocycles. The van der Waals surface area contributed by atoms with Gasteiger partial charge in [-0.1, -0.05) is 50.1 Å². The summed E-state index contributed by atoms with van der Waals surface area (Å²) in [4.78, 5) is 0. The van der Waals surface area contributed by atoms with Gasteiger partial charge in [0.1, 0.15) is 0 Å². The van der Waals surface area contributed by atoms with Crippen LogP contribution in [-0.4, -0.2) is 12.4 Å². The van der Waals surface area contributed by atoms with Gasteiger partial charge in [0.15, 0.2) is 11.6 Å². The highest BCUT2D eigenvalue weighted by Gasteiger charge is 2.19. The van der Waals surface area contributed by atoms with Crippen molar-refractivity contribution in [1.29, 1.82) is 0 Å². The quantitative estimate of drug-likeness (QED) is 0.503. The Morgan fingerprint density at radius 3 is 2.04 bits per heavy atom. The summed E-state index contributed by atoms with van der Waals surface area (Å²) in [6.45, 7) is 2.33. The Labute approximate surface area is 147 Å². The van der Waals surface area contributed by atoms with Gasteiger partial charge in [-0.2, -0.15) is 10.2 Å². The first-order chi connectivity index (χ1) is 12.1. The summed E-state index contributed by atoms with van der Waals surface area (Å²) in [7, 11) is 0. The number of hydrogen-bond donors (Lipinski definition) is 0. The summed E-state index contributed by atoms with van der Waals surface area (Å²) in [6, 6.07) is 12.0. The largest absolute Gasteiger partial charge is 0.204 e. The third-order valence-corrected chi connectivity index (χ3v) is 4.85. The molecule has 1 aliphatic rings. The summed E-state index contributed by atoms with van der Waals surface area (Å²) >= 11 is 0. The smallest absolute Gasteiger partial charge is 0.159 e. The molecule has 1 aliphatic carbocycles. The number of nitrogens with zero attached hydrogens (tertiary/aromatic N) is 2. The molecular formula is C21H22F2N2. The van der Waals surface area contributed by atoms with E-state index in [2.05, 4.69) is 29.3 Å². The predicted molar refractivity (Wildman–Crippen MR) is 98.4 cm³/mol. The molecule has 1 saturated carbocycles. The van der Waals surface area contributed by atoms with E-state index in [1.165, 1.54) is 43.5 Å². The lowest BCUT2D eigenvalue weighted by Gasteiger charge is -2.26. The fourth-order valence-electron chi connectivity index (χ4n) is 3.24. The summed E-state index contributed by atoms with van der Waals surface area (Å²) in [6.07, 6.45) is 8.22. The average Bonchev–Trinajstić information content (AvgIpc) is 2.63. The van der Waals surface area contributed by atoms with Crippen molar-refractivity contribution in [3.63, 3.8) is 0 Å². The van der Waals surface area contributed by atoms with E-state index in [0.29, 0.717) is 11.5 Å². The van der Waals surface area contributed by atoms with Crippen molar-refractivity contribution in [1.82, 2.24) is 0 Å². The molecule has 130 valence electrons. The van der Waals surface area contributed by atoms with Crippen LogP contribution in [0.25, 0.3) is 0 Å². The minimum Gasteiger partial charge on any atom is -0.204 e. The van der Waals surface area contributed by atoms with Crippen molar-refractivity contribution < 1.29 is 8.78 Å². The van der Waals surface area contributed by atoms with Gasteiger partial charge in [-0.05, 0) is 53.5 Å². The highest BCUT2D eigenvalue weighted by Crippen LogP contribution is 2.35. The maximum atomic E-state index is 13.1. The normalized spacial score (nSPS) is 21.2. The molecule has 0 unspecified atom stereocenters. The zero-order valence-corrected chi connectivity index (χ0v) is 14.3. The van der Waals surface area contributed by atoms with Gasteiger partial charge in [0.25, 0.3) is 0 Å². The summed E-state index contributed by atoms with van der Waals surface area (Å²) in [5.41, 5.74) is 2.84. The molecule has 0 amide bonds. The first-order valence-electron chi connectivity index (χ1n) is 8.73. The van der Waals surface area contributed by atoms with Crippen LogP contribution < -0.4 is 0 Å². The van der Waals surface area contributed by atoms with E-state index in [-0.39, 0.29) is 0 Å². The Balaban J connectivity index is 1.58. The van der Waals surface area contributed by atoms with Crippen LogP contribution in [0.4, 0.5) is 8.78 Å². The number of hydrogen-bond acceptors (Lipinski definition) is 2. The van der Waals surface area contributed by atoms with Crippen molar-refractivity contribution in [3.8, 4) is 0 Å². The van der Waals surface area contributed by atoms with E-state index in [0.717, 1.165) is 23.6 Å². The number of halogens is 2. The van der Waals surface area contributed by atoms with Gasteiger partial charge in [0.05, 0.1) is 12.4 Å². The van der Waals surface area contributed by atoms with Crippen LogP contribution in [0.15, 0.2) is 52.7 Å². The van der Waals surface area contributed by atoms with E-state index in [1.807, 2.05) is 12.1 Å². The van der Waals surface area contributed by atoms with Crippen LogP contribution in [0.5, 0.6) is 0 Å². The second-order valence-electron chi connectivity index (χ2n) is 6.79. The molecule has 3 rings (SSSR count). The van der Waals surface area contributed by atoms with Crippen LogP contribution >= 0.6 is 0 Å². The Hall–Kier alpha value is -2.36. The van der Waals surface area contributed by atoms with Crippen molar-refractivity contribution in [2.24, 2.45) is 16.1 Å². The third kappa shape index (κ3) is 4.81. The maximum absolute atomic E-state index is 13.1. The Kier molecular flexibility index (Phi) is 5.69. The molecule has 0 spiro atoms. The molecule has 4 heteroatoms. The molecule has 0 aliphatic heterocycles. The summed E-state index contributed by atoms with van der Waals surface area (Å²) in [5, 5.41) is 7.85. The fraction of sp³-hybridized carbons (Fsp3) is 0.333. The predicted octanol–water partition coefficient (Wildman–Crippen LogP) is 5.71. The van der Waals surface area contributed by atoms with Crippen LogP contribution in [0.2, 0.25) is 0 Å². The average molecular weight is 340 g/mol. The number of rotatable bonds is 4. The SMILES string of the molecule is C[C@H]1CC[C@H](c2ccc(C=NN=Cc3ccc(F)c(F)c3)cc2)CC1. The van der Waals surface area contributed by atoms with Gasteiger partial charge in [0, 0.05) is 0 Å². The van der Waals surface area contributed by atoms with Crippen LogP contribution in [0.1, 0.15) is 55.2 Å². The molecule has 25 heavy (non-hydrogen) atoms. The van der Waals surface area contributed by atoms with E-state index in [9.17, 15) is 8.78 Å². The maximum Gasteiger partial charge on any atom is 0.159 e. The fourth-order valence-corrected chi connectivity index (χ4v) is 3.24. The monoisotopic (exact) mass is 340 g/mol. The third-order valence-electron chi connectivity index (χ3n) is 4.85. The molecule has 0 saturated heterocycles. The molecular weight excluding hydrogens is 318 g/mol. The summed E-state index contributed by atoms with van der Waals surface area (Å²) < 4.78 is 25.9. The molecule has 0 atom stereocenters. The summed E-state index contributed by atoms with van der Waals surface area (Å²) in [5.74, 6) is -0.225. The number of benzene rings is 2. The second kappa shape index (κ2) is 8.15. The molecule has 2 aromatic rings. The minimum absolute atomic E-state index is 0.470. The van der Waals surface area contributed by atoms with Crippen LogP contribution in [0, 0.1) is 17.6 Å². The zero-order chi connectivity index (χ0) is 17.6. The molecule has 1 fully saturated rings. The van der Waals surface area contributed by atoms with Crippen LogP contribution in [0.3, 0.4) is 0 Å². The first kappa shape index (κ1) is 17.5. The van der Waals surface area contributed by atoms with Gasteiger partial charge >= 0.3 is 0 Å². The van der Waals surface area contributed by atoms with E-state index in [1.54, 1.807) is 6.21 Å². The minimum atomic E-state index is -0.888. The molecule has 2 aromatic carbocycles. The molecule has 0 bridgehead atoms. The Morgan fingerprint density at radius 2 is 1.40 bits per heavy atom. The standard InChI is InChI=1S/C21H22F2N2/c1-15-2-7-18(8-3-15)19-9-4-16(5-10-19)13-24-25-14-17-6-11-20(22)21(23)12-17/h4-6,9-15,18H,2-3,7-8H2,1H3/t15-,18-. The lowest BCUT2D eigenvalue weighted by molar-refractivity contribution is 0.348. The van der Waals surface area contributed by atoms with Gasteiger partial charge in [0.2, 0.25) is 0 Å². The first-order valence-corrected chi connectivity index (χ1v) is 8.73. The molecule has 0 radical (unpaired) electrons. The molecule has 0 aromatic heterocycles.